The second kappa shape index (κ2) is 6.04. The number of hydrogen-bond donors (Lipinski definition) is 1. The van der Waals surface area contributed by atoms with Crippen LogP contribution in [0, 0.1) is 0 Å². The number of benzene rings is 2. The summed E-state index contributed by atoms with van der Waals surface area (Å²) in [5.41, 5.74) is 4.29. The van der Waals surface area contributed by atoms with Crippen LogP contribution in [0.1, 0.15) is 0 Å². The third-order valence-corrected chi connectivity index (χ3v) is 3.16. The summed E-state index contributed by atoms with van der Waals surface area (Å²) in [4.78, 5) is 7.32. The molecular formula is C14H14Cl2N2O. The first-order chi connectivity index (χ1) is 9.08. The van der Waals surface area contributed by atoms with Crippen molar-refractivity contribution >= 4 is 34.6 Å². The van der Waals surface area contributed by atoms with Crippen LogP contribution in [0.2, 0.25) is 10.0 Å². The van der Waals surface area contributed by atoms with E-state index < -0.39 is 0 Å². The molecule has 0 bridgehead atoms. The normalized spacial score (nSPS) is 10.1. The van der Waals surface area contributed by atoms with Gasteiger partial charge in [0.2, 0.25) is 0 Å². The lowest BCUT2D eigenvalue weighted by atomic mass is 10.2. The molecule has 0 heterocycles. The molecule has 0 aliphatic rings. The molecule has 0 atom stereocenters. The van der Waals surface area contributed by atoms with Crippen molar-refractivity contribution in [2.45, 2.75) is 0 Å². The monoisotopic (exact) mass is 296 g/mol. The van der Waals surface area contributed by atoms with Gasteiger partial charge in [-0.1, -0.05) is 41.4 Å². The Morgan fingerprint density at radius 1 is 1.00 bits per heavy atom. The first-order valence-electron chi connectivity index (χ1n) is 5.72. The van der Waals surface area contributed by atoms with Gasteiger partial charge in [0.05, 0.1) is 21.4 Å². The van der Waals surface area contributed by atoms with Crippen LogP contribution >= 0.6 is 23.2 Å². The zero-order chi connectivity index (χ0) is 13.8. The van der Waals surface area contributed by atoms with Crippen molar-refractivity contribution in [2.75, 3.05) is 24.5 Å². The van der Waals surface area contributed by atoms with E-state index in [2.05, 4.69) is 5.48 Å². The molecule has 2 aromatic carbocycles. The molecule has 19 heavy (non-hydrogen) atoms. The first kappa shape index (κ1) is 13.8. The molecule has 0 saturated heterocycles. The van der Waals surface area contributed by atoms with Gasteiger partial charge in [-0.25, -0.2) is 5.48 Å². The molecule has 0 aromatic heterocycles. The minimum absolute atomic E-state index is 0.545. The molecule has 1 N–H and O–H groups in total. The molecule has 0 unspecified atom stereocenters. The van der Waals surface area contributed by atoms with Crippen molar-refractivity contribution in [3.05, 3.63) is 52.5 Å². The molecular weight excluding hydrogens is 283 g/mol. The molecule has 3 nitrogen and oxygen atoms in total. The van der Waals surface area contributed by atoms with E-state index in [9.17, 15) is 0 Å². The highest BCUT2D eigenvalue weighted by Crippen LogP contribution is 2.34. The lowest BCUT2D eigenvalue weighted by Crippen LogP contribution is -2.10. The van der Waals surface area contributed by atoms with Gasteiger partial charge in [0.15, 0.2) is 5.75 Å². The molecule has 0 amide bonds. The fraction of sp³-hybridized carbons (Fsp3) is 0.143. The predicted molar refractivity (Wildman–Crippen MR) is 81.5 cm³/mol. The van der Waals surface area contributed by atoms with E-state index in [0.29, 0.717) is 21.5 Å². The number of hydrogen-bond acceptors (Lipinski definition) is 3. The summed E-state index contributed by atoms with van der Waals surface area (Å²) in [5.74, 6) is 0.700. The summed E-state index contributed by atoms with van der Waals surface area (Å²) >= 11 is 12.4. The highest BCUT2D eigenvalue weighted by atomic mass is 35.5. The number of anilines is 2. The number of para-hydroxylation sites is 1. The summed E-state index contributed by atoms with van der Waals surface area (Å²) in [7, 11) is 3.82. The van der Waals surface area contributed by atoms with Crippen LogP contribution in [-0.2, 0) is 0 Å². The maximum atomic E-state index is 6.18. The largest absolute Gasteiger partial charge is 0.382 e. The van der Waals surface area contributed by atoms with E-state index >= 15 is 0 Å². The lowest BCUT2D eigenvalue weighted by molar-refractivity contribution is 0.405. The fourth-order valence-corrected chi connectivity index (χ4v) is 2.09. The molecule has 0 aliphatic carbocycles. The average molecular weight is 297 g/mol. The molecule has 0 radical (unpaired) electrons. The van der Waals surface area contributed by atoms with Crippen molar-refractivity contribution in [2.24, 2.45) is 0 Å². The van der Waals surface area contributed by atoms with Crippen LogP contribution in [0.15, 0.2) is 42.5 Å². The molecule has 0 aliphatic heterocycles. The number of nitrogens with one attached hydrogen (secondary N) is 1. The summed E-state index contributed by atoms with van der Waals surface area (Å²) in [6, 6.07) is 12.9. The minimum Gasteiger partial charge on any atom is -0.382 e. The molecule has 0 fully saturated rings. The van der Waals surface area contributed by atoms with Crippen molar-refractivity contribution in [1.29, 1.82) is 0 Å². The summed E-state index contributed by atoms with van der Waals surface area (Å²) < 4.78 is 0. The summed E-state index contributed by atoms with van der Waals surface area (Å²) in [5, 5.41) is 1.15. The van der Waals surface area contributed by atoms with Crippen molar-refractivity contribution in [3.63, 3.8) is 0 Å². The molecule has 0 spiro atoms. The van der Waals surface area contributed by atoms with Crippen LogP contribution < -0.4 is 15.2 Å². The maximum absolute atomic E-state index is 6.18. The quantitative estimate of drug-likeness (QED) is 0.843. The minimum atomic E-state index is 0.545. The second-order valence-electron chi connectivity index (χ2n) is 4.20. The number of rotatable bonds is 4. The molecule has 2 rings (SSSR count). The third-order valence-electron chi connectivity index (χ3n) is 2.54. The summed E-state index contributed by atoms with van der Waals surface area (Å²) in [6.07, 6.45) is 0. The van der Waals surface area contributed by atoms with Crippen molar-refractivity contribution in [3.8, 4) is 5.75 Å². The van der Waals surface area contributed by atoms with Gasteiger partial charge in [-0.05, 0) is 24.3 Å². The van der Waals surface area contributed by atoms with Crippen molar-refractivity contribution in [1.82, 2.24) is 0 Å². The Balaban J connectivity index is 2.15. The van der Waals surface area contributed by atoms with E-state index in [-0.39, 0.29) is 0 Å². The Morgan fingerprint density at radius 2 is 1.68 bits per heavy atom. The predicted octanol–water partition coefficient (Wildman–Crippen LogP) is 4.47. The fourth-order valence-electron chi connectivity index (χ4n) is 1.56. The Labute approximate surface area is 122 Å². The summed E-state index contributed by atoms with van der Waals surface area (Å²) in [6.45, 7) is 0. The zero-order valence-corrected chi connectivity index (χ0v) is 12.2. The van der Waals surface area contributed by atoms with Gasteiger partial charge in [-0.3, -0.25) is 0 Å². The maximum Gasteiger partial charge on any atom is 0.155 e. The van der Waals surface area contributed by atoms with E-state index in [1.807, 2.05) is 49.3 Å². The van der Waals surface area contributed by atoms with Gasteiger partial charge in [-0.15, -0.1) is 0 Å². The highest BCUT2D eigenvalue weighted by molar-refractivity contribution is 6.37. The molecule has 2 aromatic rings. The third kappa shape index (κ3) is 3.46. The smallest absolute Gasteiger partial charge is 0.155 e. The molecule has 100 valence electrons. The van der Waals surface area contributed by atoms with Gasteiger partial charge < -0.3 is 9.74 Å². The van der Waals surface area contributed by atoms with Gasteiger partial charge in [0.1, 0.15) is 0 Å². The lowest BCUT2D eigenvalue weighted by Gasteiger charge is -2.17. The van der Waals surface area contributed by atoms with Gasteiger partial charge >= 0.3 is 0 Å². The molecule has 0 saturated carbocycles. The van der Waals surface area contributed by atoms with E-state index in [1.54, 1.807) is 12.1 Å². The Morgan fingerprint density at radius 3 is 2.32 bits per heavy atom. The highest BCUT2D eigenvalue weighted by Gasteiger charge is 2.09. The van der Waals surface area contributed by atoms with Crippen LogP contribution in [0.3, 0.4) is 0 Å². The van der Waals surface area contributed by atoms with Crippen LogP contribution in [0.4, 0.5) is 11.4 Å². The Kier molecular flexibility index (Phi) is 4.40. The van der Waals surface area contributed by atoms with Crippen LogP contribution in [0.25, 0.3) is 0 Å². The Hall–Kier alpha value is -1.58. The number of nitrogens with zero attached hydrogens (tertiary/aromatic N) is 1. The van der Waals surface area contributed by atoms with Gasteiger partial charge in [0, 0.05) is 14.1 Å². The number of halogens is 2. The van der Waals surface area contributed by atoms with E-state index in [4.69, 9.17) is 28.0 Å². The molecule has 5 heteroatoms. The standard InChI is InChI=1S/C14H14Cl2N2O/c1-18(2)14-9-11(15)13(8-12(14)16)17-19-10-6-4-3-5-7-10/h3-9,17H,1-2H3. The van der Waals surface area contributed by atoms with E-state index in [1.165, 1.54) is 0 Å². The van der Waals surface area contributed by atoms with Gasteiger partial charge in [0.25, 0.3) is 0 Å². The average Bonchev–Trinajstić information content (AvgIpc) is 2.40. The van der Waals surface area contributed by atoms with Gasteiger partial charge in [-0.2, -0.15) is 0 Å². The van der Waals surface area contributed by atoms with Crippen molar-refractivity contribution < 1.29 is 4.84 Å². The van der Waals surface area contributed by atoms with Crippen LogP contribution in [0.5, 0.6) is 5.75 Å². The van der Waals surface area contributed by atoms with Crippen LogP contribution in [-0.4, -0.2) is 14.1 Å². The zero-order valence-electron chi connectivity index (χ0n) is 10.7. The van der Waals surface area contributed by atoms with E-state index in [0.717, 1.165) is 5.69 Å². The topological polar surface area (TPSA) is 24.5 Å². The SMILES string of the molecule is CN(C)c1cc(Cl)c(NOc2ccccc2)cc1Cl. The first-order valence-corrected chi connectivity index (χ1v) is 6.48. The second-order valence-corrected chi connectivity index (χ2v) is 5.01. The Bertz CT molecular complexity index is 559.